The number of ether oxygens (including phenoxy) is 2. The van der Waals surface area contributed by atoms with Crippen LogP contribution in [0, 0.1) is 17.0 Å². The summed E-state index contributed by atoms with van der Waals surface area (Å²) in [5.74, 6) is 1.88. The Morgan fingerprint density at radius 3 is 2.74 bits per heavy atom. The molecule has 2 heterocycles. The topological polar surface area (TPSA) is 116 Å². The summed E-state index contributed by atoms with van der Waals surface area (Å²) in [5.41, 5.74) is 4.68. The molecule has 158 valence electrons. The first-order valence-electron chi connectivity index (χ1n) is 9.55. The smallest absolute Gasteiger partial charge is 0.270 e. The average molecular weight is 421 g/mol. The summed E-state index contributed by atoms with van der Waals surface area (Å²) < 4.78 is 16.7. The minimum atomic E-state index is -0.453. The maximum Gasteiger partial charge on any atom is 0.270 e. The number of hydrogen-bond acceptors (Lipinski definition) is 7. The van der Waals surface area contributed by atoms with E-state index in [2.05, 4.69) is 10.5 Å². The molecule has 0 bridgehead atoms. The lowest BCUT2D eigenvalue weighted by Crippen LogP contribution is -2.20. The fourth-order valence-electron chi connectivity index (χ4n) is 3.15. The lowest BCUT2D eigenvalue weighted by atomic mass is 10.1. The highest BCUT2D eigenvalue weighted by Crippen LogP contribution is 2.31. The predicted octanol–water partition coefficient (Wildman–Crippen LogP) is 3.63. The molecule has 0 spiro atoms. The molecule has 0 radical (unpaired) electrons. The van der Waals surface area contributed by atoms with Gasteiger partial charge in [-0.3, -0.25) is 14.9 Å². The quantitative estimate of drug-likeness (QED) is 0.369. The Hall–Kier alpha value is -4.14. The van der Waals surface area contributed by atoms with E-state index in [0.29, 0.717) is 41.8 Å². The predicted molar refractivity (Wildman–Crippen MR) is 112 cm³/mol. The summed E-state index contributed by atoms with van der Waals surface area (Å²) in [6, 6.07) is 13.3. The van der Waals surface area contributed by atoms with Gasteiger partial charge < -0.3 is 13.9 Å². The molecule has 3 aromatic rings. The largest absolute Gasteiger partial charge is 0.486 e. The van der Waals surface area contributed by atoms with Crippen molar-refractivity contribution in [3.05, 3.63) is 75.5 Å². The number of hydrazone groups is 1. The maximum absolute atomic E-state index is 12.2. The zero-order valence-corrected chi connectivity index (χ0v) is 16.7. The Kier molecular flexibility index (Phi) is 5.65. The van der Waals surface area contributed by atoms with Crippen molar-refractivity contribution >= 4 is 17.8 Å². The summed E-state index contributed by atoms with van der Waals surface area (Å²) in [7, 11) is 0. The fraction of sp³-hybridized carbons (Fsp3) is 0.182. The van der Waals surface area contributed by atoms with Crippen molar-refractivity contribution < 1.29 is 23.6 Å². The van der Waals surface area contributed by atoms with Crippen molar-refractivity contribution in [3.8, 4) is 22.8 Å². The van der Waals surface area contributed by atoms with Gasteiger partial charge in [0.25, 0.3) is 5.69 Å². The van der Waals surface area contributed by atoms with Crippen LogP contribution in [0.3, 0.4) is 0 Å². The highest BCUT2D eigenvalue weighted by atomic mass is 16.6. The molecule has 31 heavy (non-hydrogen) atoms. The van der Waals surface area contributed by atoms with Gasteiger partial charge in [-0.25, -0.2) is 5.43 Å². The number of nitrogens with one attached hydrogen (secondary N) is 1. The van der Waals surface area contributed by atoms with E-state index in [4.69, 9.17) is 13.9 Å². The zero-order valence-electron chi connectivity index (χ0n) is 16.7. The second kappa shape index (κ2) is 8.70. The molecule has 0 unspecified atom stereocenters. The third-order valence-corrected chi connectivity index (χ3v) is 4.68. The van der Waals surface area contributed by atoms with E-state index in [9.17, 15) is 14.9 Å². The van der Waals surface area contributed by atoms with Crippen molar-refractivity contribution in [3.63, 3.8) is 0 Å². The van der Waals surface area contributed by atoms with Crippen molar-refractivity contribution in [2.24, 2.45) is 5.10 Å². The van der Waals surface area contributed by atoms with Gasteiger partial charge in [0, 0.05) is 17.7 Å². The van der Waals surface area contributed by atoms with Crippen LogP contribution < -0.4 is 14.9 Å². The fourth-order valence-corrected chi connectivity index (χ4v) is 3.15. The molecule has 1 N–H and O–H groups in total. The maximum atomic E-state index is 12.2. The number of nitro benzene ring substituents is 1. The Morgan fingerprint density at radius 1 is 1.13 bits per heavy atom. The Balaban J connectivity index is 1.38. The summed E-state index contributed by atoms with van der Waals surface area (Å²) in [6.45, 7) is 2.83. The Morgan fingerprint density at radius 2 is 1.94 bits per heavy atom. The molecule has 1 aliphatic rings. The zero-order chi connectivity index (χ0) is 21.8. The number of rotatable bonds is 6. The molecule has 9 nitrogen and oxygen atoms in total. The molecule has 9 heteroatoms. The van der Waals surface area contributed by atoms with E-state index >= 15 is 0 Å². The molecular weight excluding hydrogens is 402 g/mol. The number of carbonyl (C=O) groups is 1. The van der Waals surface area contributed by atoms with Crippen molar-refractivity contribution in [1.82, 2.24) is 5.43 Å². The van der Waals surface area contributed by atoms with Crippen LogP contribution in [0.2, 0.25) is 0 Å². The monoisotopic (exact) mass is 421 g/mol. The summed E-state index contributed by atoms with van der Waals surface area (Å²) in [5, 5.41) is 14.9. The summed E-state index contributed by atoms with van der Waals surface area (Å²) in [4.78, 5) is 22.7. The molecule has 0 atom stereocenters. The Bertz CT molecular complexity index is 1170. The third-order valence-electron chi connectivity index (χ3n) is 4.68. The number of hydrogen-bond donors (Lipinski definition) is 1. The number of non-ortho nitro benzene ring substituents is 1. The normalized spacial score (nSPS) is 12.7. The lowest BCUT2D eigenvalue weighted by Gasteiger charge is -2.18. The highest BCUT2D eigenvalue weighted by Gasteiger charge is 2.14. The molecule has 0 saturated heterocycles. The van der Waals surface area contributed by atoms with Gasteiger partial charge in [-0.15, -0.1) is 0 Å². The van der Waals surface area contributed by atoms with Gasteiger partial charge in [0.2, 0.25) is 5.91 Å². The number of fused-ring (bicyclic) bond motifs is 1. The second-order valence-corrected chi connectivity index (χ2v) is 6.91. The van der Waals surface area contributed by atoms with Crippen LogP contribution >= 0.6 is 0 Å². The average Bonchev–Trinajstić information content (AvgIpc) is 3.22. The Labute approximate surface area is 177 Å². The summed E-state index contributed by atoms with van der Waals surface area (Å²) in [6.07, 6.45) is 1.50. The molecule has 0 fully saturated rings. The van der Waals surface area contributed by atoms with Gasteiger partial charge in [0.05, 0.1) is 17.6 Å². The van der Waals surface area contributed by atoms with Crippen LogP contribution in [0.4, 0.5) is 5.69 Å². The van der Waals surface area contributed by atoms with Crippen molar-refractivity contribution in [1.29, 1.82) is 0 Å². The molecule has 2 aromatic carbocycles. The van der Waals surface area contributed by atoms with E-state index in [-0.39, 0.29) is 18.0 Å². The minimum absolute atomic E-state index is 0.0152. The third kappa shape index (κ3) is 4.72. The number of nitrogens with zero attached hydrogens (tertiary/aromatic N) is 2. The van der Waals surface area contributed by atoms with Gasteiger partial charge in [-0.1, -0.05) is 12.1 Å². The van der Waals surface area contributed by atoms with Crippen LogP contribution in [-0.4, -0.2) is 30.3 Å². The first-order valence-corrected chi connectivity index (χ1v) is 9.55. The second-order valence-electron chi connectivity index (χ2n) is 6.91. The molecule has 1 amide bonds. The van der Waals surface area contributed by atoms with Crippen molar-refractivity contribution in [2.45, 2.75) is 13.3 Å². The number of carbonyl (C=O) groups excluding carboxylic acids is 1. The SMILES string of the molecule is Cc1ccc([N+](=O)[O-])cc1-c1ccc(/C=N\NC(=O)Cc2ccc3c(c2)OCCO3)o1. The first kappa shape index (κ1) is 20.1. The number of benzene rings is 2. The van der Waals surface area contributed by atoms with Crippen LogP contribution in [-0.2, 0) is 11.2 Å². The minimum Gasteiger partial charge on any atom is -0.486 e. The molecule has 0 saturated carbocycles. The van der Waals surface area contributed by atoms with Crippen LogP contribution in [0.1, 0.15) is 16.9 Å². The molecule has 0 aliphatic carbocycles. The van der Waals surface area contributed by atoms with E-state index < -0.39 is 4.92 Å². The van der Waals surface area contributed by atoms with E-state index in [1.165, 1.54) is 18.3 Å². The highest BCUT2D eigenvalue weighted by molar-refractivity contribution is 5.82. The lowest BCUT2D eigenvalue weighted by molar-refractivity contribution is -0.384. The van der Waals surface area contributed by atoms with Gasteiger partial charge in [0.1, 0.15) is 24.7 Å². The number of nitro groups is 1. The van der Waals surface area contributed by atoms with Gasteiger partial charge in [0.15, 0.2) is 11.5 Å². The molecule has 1 aromatic heterocycles. The van der Waals surface area contributed by atoms with Crippen molar-refractivity contribution in [2.75, 3.05) is 13.2 Å². The van der Waals surface area contributed by atoms with Crippen LogP contribution in [0.25, 0.3) is 11.3 Å². The number of aryl methyl sites for hydroxylation is 1. The van der Waals surface area contributed by atoms with Crippen LogP contribution in [0.15, 0.2) is 58.0 Å². The standard InChI is InChI=1S/C22H19N3O6/c1-14-2-4-16(25(27)28)12-18(14)19-7-5-17(31-19)13-23-24-22(26)11-15-3-6-20-21(10-15)30-9-8-29-20/h2-7,10,12-13H,8-9,11H2,1H3,(H,24,26)/b23-13-. The summed E-state index contributed by atoms with van der Waals surface area (Å²) >= 11 is 0. The number of amides is 1. The van der Waals surface area contributed by atoms with E-state index in [1.54, 1.807) is 36.4 Å². The van der Waals surface area contributed by atoms with E-state index in [0.717, 1.165) is 11.1 Å². The van der Waals surface area contributed by atoms with Crippen LogP contribution in [0.5, 0.6) is 11.5 Å². The molecule has 4 rings (SSSR count). The van der Waals surface area contributed by atoms with Gasteiger partial charge in [-0.05, 0) is 42.3 Å². The first-order chi connectivity index (χ1) is 15.0. The van der Waals surface area contributed by atoms with E-state index in [1.807, 2.05) is 6.92 Å². The van der Waals surface area contributed by atoms with Gasteiger partial charge in [-0.2, -0.15) is 5.10 Å². The number of furan rings is 1. The van der Waals surface area contributed by atoms with Gasteiger partial charge >= 0.3 is 0 Å². The molecule has 1 aliphatic heterocycles. The molecular formula is C22H19N3O6.